The fraction of sp³-hybridized carbons (Fsp3) is 0.118. The third-order valence-corrected chi connectivity index (χ3v) is 4.14. The van der Waals surface area contributed by atoms with Crippen LogP contribution in [0.25, 0.3) is 0 Å². The Balaban J connectivity index is 1.93. The summed E-state index contributed by atoms with van der Waals surface area (Å²) in [6.45, 7) is 0. The number of amidine groups is 1. The minimum Gasteiger partial charge on any atom is -0.549 e. The molecule has 23 heavy (non-hydrogen) atoms. The first kappa shape index (κ1) is 15.3. The summed E-state index contributed by atoms with van der Waals surface area (Å²) in [5, 5.41) is 15.5. The number of carbonyl (C=O) groups is 1. The number of nitrogens with zero attached hydrogens (tertiary/aromatic N) is 2. The van der Waals surface area contributed by atoms with Gasteiger partial charge in [-0.05, 0) is 5.56 Å². The van der Waals surface area contributed by atoms with E-state index in [4.69, 9.17) is 0 Å². The number of hydrazone groups is 1. The van der Waals surface area contributed by atoms with Crippen molar-refractivity contribution in [1.29, 1.82) is 0 Å². The van der Waals surface area contributed by atoms with E-state index in [1.54, 1.807) is 0 Å². The molecule has 1 atom stereocenters. The number of aliphatic carboxylic acids is 1. The third kappa shape index (κ3) is 3.78. The lowest BCUT2D eigenvalue weighted by Gasteiger charge is -2.22. The van der Waals surface area contributed by atoms with Crippen molar-refractivity contribution in [3.8, 4) is 0 Å². The summed E-state index contributed by atoms with van der Waals surface area (Å²) in [5.74, 6) is -1.29. The summed E-state index contributed by atoms with van der Waals surface area (Å²) < 4.78 is 0. The van der Waals surface area contributed by atoms with Crippen molar-refractivity contribution in [1.82, 2.24) is 5.43 Å². The topological polar surface area (TPSA) is 76.9 Å². The molecule has 0 unspecified atom stereocenters. The van der Waals surface area contributed by atoms with Crippen LogP contribution in [-0.2, 0) is 4.79 Å². The van der Waals surface area contributed by atoms with E-state index in [0.29, 0.717) is 5.17 Å². The van der Waals surface area contributed by atoms with Crippen molar-refractivity contribution in [2.45, 2.75) is 6.04 Å². The van der Waals surface area contributed by atoms with Crippen LogP contribution in [0.1, 0.15) is 17.2 Å². The quantitative estimate of drug-likeness (QED) is 0.926. The van der Waals surface area contributed by atoms with Gasteiger partial charge in [0.05, 0.1) is 11.7 Å². The summed E-state index contributed by atoms with van der Waals surface area (Å²) in [7, 11) is 0. The summed E-state index contributed by atoms with van der Waals surface area (Å²) >= 11 is 1.07. The number of benzene rings is 2. The molecule has 1 aliphatic heterocycles. The average Bonchev–Trinajstić information content (AvgIpc) is 2.61. The molecule has 116 valence electrons. The molecule has 2 aromatic carbocycles. The lowest BCUT2D eigenvalue weighted by Crippen LogP contribution is -2.30. The predicted octanol–water partition coefficient (Wildman–Crippen LogP) is 1.57. The van der Waals surface area contributed by atoms with Crippen LogP contribution in [-0.4, -0.2) is 22.6 Å². The lowest BCUT2D eigenvalue weighted by atomic mass is 9.97. The molecule has 0 radical (unpaired) electrons. The molecule has 0 aromatic heterocycles. The number of nitrogens with one attached hydrogen (secondary N) is 1. The molecule has 0 saturated heterocycles. The van der Waals surface area contributed by atoms with E-state index in [9.17, 15) is 9.90 Å². The smallest absolute Gasteiger partial charge is 0.178 e. The van der Waals surface area contributed by atoms with Crippen LogP contribution in [0.4, 0.5) is 0 Å². The van der Waals surface area contributed by atoms with Crippen molar-refractivity contribution < 1.29 is 9.90 Å². The molecule has 0 aliphatic carbocycles. The average molecular weight is 324 g/mol. The fourth-order valence-electron chi connectivity index (χ4n) is 2.27. The number of hydrogen-bond acceptors (Lipinski definition) is 6. The summed E-state index contributed by atoms with van der Waals surface area (Å²) in [5.41, 5.74) is 5.61. The highest BCUT2D eigenvalue weighted by molar-refractivity contribution is 8.14. The summed E-state index contributed by atoms with van der Waals surface area (Å²) in [6, 6.07) is 19.3. The highest BCUT2D eigenvalue weighted by Gasteiger charge is 2.23. The van der Waals surface area contributed by atoms with Gasteiger partial charge in [-0.3, -0.25) is 5.43 Å². The Kier molecular flexibility index (Phi) is 4.73. The van der Waals surface area contributed by atoms with E-state index in [-0.39, 0.29) is 11.8 Å². The van der Waals surface area contributed by atoms with Crippen molar-refractivity contribution in [2.75, 3.05) is 5.75 Å². The molecule has 0 amide bonds. The maximum Gasteiger partial charge on any atom is 0.178 e. The molecule has 0 spiro atoms. The monoisotopic (exact) mass is 324 g/mol. The zero-order valence-electron chi connectivity index (χ0n) is 12.2. The van der Waals surface area contributed by atoms with Crippen LogP contribution in [0.15, 0.2) is 70.8 Å². The number of thioether (sulfide) groups is 1. The van der Waals surface area contributed by atoms with Gasteiger partial charge < -0.3 is 9.90 Å². The summed E-state index contributed by atoms with van der Waals surface area (Å²) in [6.07, 6.45) is 0. The zero-order chi connectivity index (χ0) is 16.1. The van der Waals surface area contributed by atoms with Crippen molar-refractivity contribution in [3.05, 3.63) is 71.8 Å². The molecule has 0 bridgehead atoms. The number of carboxylic acids is 1. The van der Waals surface area contributed by atoms with Gasteiger partial charge >= 0.3 is 0 Å². The Morgan fingerprint density at radius 1 is 1.09 bits per heavy atom. The standard InChI is InChI=1S/C17H15N3O2S/c21-14(22)11-23-17-18-15(12-7-3-1-4-8-12)16(19-20-17)13-9-5-2-6-10-13/h1-10,15H,11H2,(H,18,20)(H,21,22)/p-1/t15-/m1/s1. The second-order valence-corrected chi connectivity index (χ2v) is 5.85. The minimum atomic E-state index is -1.13. The minimum absolute atomic E-state index is 0.163. The number of carbonyl (C=O) groups excluding carboxylic acids is 1. The molecule has 3 rings (SSSR count). The van der Waals surface area contributed by atoms with Gasteiger partial charge in [-0.1, -0.05) is 72.4 Å². The Bertz CT molecular complexity index is 745. The van der Waals surface area contributed by atoms with E-state index in [2.05, 4.69) is 15.5 Å². The fourth-order valence-corrected chi connectivity index (χ4v) is 2.82. The van der Waals surface area contributed by atoms with E-state index in [1.807, 2.05) is 60.7 Å². The number of hydrogen-bond donors (Lipinski definition) is 1. The van der Waals surface area contributed by atoms with Gasteiger partial charge in [-0.15, -0.1) is 0 Å². The van der Waals surface area contributed by atoms with Crippen LogP contribution in [0.5, 0.6) is 0 Å². The first-order chi connectivity index (χ1) is 11.2. The van der Waals surface area contributed by atoms with E-state index in [0.717, 1.165) is 28.6 Å². The third-order valence-electron chi connectivity index (χ3n) is 3.29. The van der Waals surface area contributed by atoms with Crippen molar-refractivity contribution in [3.63, 3.8) is 0 Å². The second-order valence-electron chi connectivity index (χ2n) is 4.88. The van der Waals surface area contributed by atoms with Crippen LogP contribution in [0.2, 0.25) is 0 Å². The van der Waals surface area contributed by atoms with Crippen LogP contribution in [0.3, 0.4) is 0 Å². The van der Waals surface area contributed by atoms with Gasteiger partial charge in [0.2, 0.25) is 0 Å². The zero-order valence-corrected chi connectivity index (χ0v) is 13.0. The van der Waals surface area contributed by atoms with Crippen molar-refractivity contribution in [2.24, 2.45) is 10.1 Å². The summed E-state index contributed by atoms with van der Waals surface area (Å²) in [4.78, 5) is 15.3. The molecular weight excluding hydrogens is 310 g/mol. The maximum atomic E-state index is 10.6. The largest absolute Gasteiger partial charge is 0.549 e. The van der Waals surface area contributed by atoms with Gasteiger partial charge in [0.1, 0.15) is 6.04 Å². The van der Waals surface area contributed by atoms with Gasteiger partial charge in [0.25, 0.3) is 0 Å². The van der Waals surface area contributed by atoms with Gasteiger partial charge in [0, 0.05) is 11.3 Å². The highest BCUT2D eigenvalue weighted by atomic mass is 32.2. The van der Waals surface area contributed by atoms with Gasteiger partial charge in [-0.25, -0.2) is 4.99 Å². The molecule has 5 nitrogen and oxygen atoms in total. The lowest BCUT2D eigenvalue weighted by molar-refractivity contribution is -0.301. The SMILES string of the molecule is O=C([O-])CSC1=N[C@H](c2ccccc2)C(c2ccccc2)=NN1. The predicted molar refractivity (Wildman–Crippen MR) is 90.2 cm³/mol. The van der Waals surface area contributed by atoms with Crippen molar-refractivity contribution >= 4 is 28.6 Å². The molecule has 2 aromatic rings. The normalized spacial score (nSPS) is 17.0. The Labute approximate surface area is 138 Å². The van der Waals surface area contributed by atoms with Gasteiger partial charge in [0.15, 0.2) is 5.17 Å². The molecule has 0 saturated carbocycles. The van der Waals surface area contributed by atoms with Crippen LogP contribution >= 0.6 is 11.8 Å². The Morgan fingerprint density at radius 3 is 2.39 bits per heavy atom. The van der Waals surface area contributed by atoms with Gasteiger partial charge in [-0.2, -0.15) is 5.10 Å². The van der Waals surface area contributed by atoms with E-state index >= 15 is 0 Å². The number of rotatable bonds is 4. The first-order valence-electron chi connectivity index (χ1n) is 7.08. The maximum absolute atomic E-state index is 10.6. The van der Waals surface area contributed by atoms with Crippen LogP contribution in [0, 0.1) is 0 Å². The number of aliphatic imine (C=N–C) groups is 1. The van der Waals surface area contributed by atoms with E-state index in [1.165, 1.54) is 0 Å². The second kappa shape index (κ2) is 7.11. The highest BCUT2D eigenvalue weighted by Crippen LogP contribution is 2.26. The Hall–Kier alpha value is -2.60. The molecular formula is C17H14N3O2S-. The molecule has 1 N–H and O–H groups in total. The van der Waals surface area contributed by atoms with E-state index < -0.39 is 5.97 Å². The number of carboxylic acid groups (broad SMARTS) is 1. The molecule has 0 fully saturated rings. The first-order valence-corrected chi connectivity index (χ1v) is 8.07. The Morgan fingerprint density at radius 2 is 1.74 bits per heavy atom. The molecule has 6 heteroatoms. The van der Waals surface area contributed by atoms with Crippen LogP contribution < -0.4 is 10.5 Å². The molecule has 1 heterocycles. The molecule has 1 aliphatic rings.